The number of carboxylic acids is 1. The maximum Gasteiger partial charge on any atom is 0.336 e. The third kappa shape index (κ3) is 2.74. The van der Waals surface area contributed by atoms with Gasteiger partial charge >= 0.3 is 5.97 Å². The molecule has 0 amide bonds. The molecule has 6 nitrogen and oxygen atoms in total. The van der Waals surface area contributed by atoms with Gasteiger partial charge in [-0.05, 0) is 35.9 Å². The topological polar surface area (TPSA) is 115 Å². The van der Waals surface area contributed by atoms with Crippen molar-refractivity contribution < 1.29 is 9.90 Å². The van der Waals surface area contributed by atoms with E-state index in [-0.39, 0.29) is 17.3 Å². The monoisotopic (exact) mass is 348 g/mol. The summed E-state index contributed by atoms with van der Waals surface area (Å²) in [5, 5.41) is 10.6. The fraction of sp³-hybridized carbons (Fsp3) is 0. The molecule has 0 aliphatic heterocycles. The van der Waals surface area contributed by atoms with E-state index in [1.807, 2.05) is 0 Å². The van der Waals surface area contributed by atoms with Crippen LogP contribution in [-0.4, -0.2) is 21.0 Å². The van der Waals surface area contributed by atoms with Crippen LogP contribution in [0.1, 0.15) is 10.4 Å². The molecule has 1 aromatic heterocycles. The summed E-state index contributed by atoms with van der Waals surface area (Å²) in [6.07, 6.45) is 0. The summed E-state index contributed by atoms with van der Waals surface area (Å²) in [7, 11) is 0. The second-order valence-electron chi connectivity index (χ2n) is 4.81. The van der Waals surface area contributed by atoms with Crippen LogP contribution in [0.3, 0.4) is 0 Å². The Morgan fingerprint density at radius 1 is 1.04 bits per heavy atom. The van der Waals surface area contributed by atoms with E-state index in [1.165, 1.54) is 12.1 Å². The summed E-state index contributed by atoms with van der Waals surface area (Å²) in [6.45, 7) is 0. The largest absolute Gasteiger partial charge is 0.478 e. The van der Waals surface area contributed by atoms with E-state index in [1.54, 1.807) is 18.2 Å². The Balaban J connectivity index is 2.49. The Bertz CT molecular complexity index is 940. The number of anilines is 2. The van der Waals surface area contributed by atoms with E-state index < -0.39 is 5.97 Å². The molecule has 0 bridgehead atoms. The first-order valence-corrected chi connectivity index (χ1v) is 7.18. The van der Waals surface area contributed by atoms with Crippen LogP contribution in [0.15, 0.2) is 30.3 Å². The molecule has 116 valence electrons. The highest BCUT2D eigenvalue weighted by molar-refractivity contribution is 6.35. The van der Waals surface area contributed by atoms with E-state index in [9.17, 15) is 9.90 Å². The minimum absolute atomic E-state index is 0.00755. The number of benzene rings is 2. The molecule has 3 rings (SSSR count). The van der Waals surface area contributed by atoms with Crippen molar-refractivity contribution in [3.05, 3.63) is 45.9 Å². The number of halogens is 2. The predicted molar refractivity (Wildman–Crippen MR) is 90.8 cm³/mol. The maximum absolute atomic E-state index is 11.6. The number of nitrogen functional groups attached to an aromatic ring is 2. The number of hydrogen-bond acceptors (Lipinski definition) is 5. The normalized spacial score (nSPS) is 10.9. The van der Waals surface area contributed by atoms with E-state index in [2.05, 4.69) is 9.97 Å². The Morgan fingerprint density at radius 2 is 1.70 bits per heavy atom. The zero-order chi connectivity index (χ0) is 16.7. The van der Waals surface area contributed by atoms with Crippen molar-refractivity contribution >= 4 is 51.8 Å². The summed E-state index contributed by atoms with van der Waals surface area (Å²) < 4.78 is 0. The van der Waals surface area contributed by atoms with Gasteiger partial charge in [0, 0.05) is 15.6 Å². The van der Waals surface area contributed by atoms with Crippen LogP contribution >= 0.6 is 23.2 Å². The first kappa shape index (κ1) is 15.3. The van der Waals surface area contributed by atoms with Crippen LogP contribution in [0.2, 0.25) is 10.0 Å². The SMILES string of the molecule is Nc1nc(N)c2c(-c3cc(Cl)cc(Cl)c3)c(C(=O)O)ccc2n1. The fourth-order valence-electron chi connectivity index (χ4n) is 2.45. The van der Waals surface area contributed by atoms with E-state index in [4.69, 9.17) is 34.7 Å². The molecular weight excluding hydrogens is 339 g/mol. The highest BCUT2D eigenvalue weighted by atomic mass is 35.5. The second kappa shape index (κ2) is 5.57. The van der Waals surface area contributed by atoms with Crippen molar-refractivity contribution in [2.45, 2.75) is 0 Å². The van der Waals surface area contributed by atoms with Gasteiger partial charge in [0.1, 0.15) is 5.82 Å². The molecule has 0 aliphatic carbocycles. The average molecular weight is 349 g/mol. The van der Waals surface area contributed by atoms with Gasteiger partial charge in [-0.1, -0.05) is 23.2 Å². The molecular formula is C15H10Cl2N4O2. The number of fused-ring (bicyclic) bond motifs is 1. The summed E-state index contributed by atoms with van der Waals surface area (Å²) in [5.41, 5.74) is 12.9. The number of carbonyl (C=O) groups is 1. The summed E-state index contributed by atoms with van der Waals surface area (Å²) in [6, 6.07) is 7.72. The molecule has 5 N–H and O–H groups in total. The Hall–Kier alpha value is -2.57. The zero-order valence-corrected chi connectivity index (χ0v) is 13.1. The lowest BCUT2D eigenvalue weighted by Gasteiger charge is -2.13. The van der Waals surface area contributed by atoms with E-state index >= 15 is 0 Å². The van der Waals surface area contributed by atoms with Crippen LogP contribution in [0.25, 0.3) is 22.0 Å². The number of nitrogens with zero attached hydrogens (tertiary/aromatic N) is 2. The van der Waals surface area contributed by atoms with E-state index in [0.29, 0.717) is 32.1 Å². The number of carboxylic acid groups (broad SMARTS) is 1. The lowest BCUT2D eigenvalue weighted by Crippen LogP contribution is -2.05. The number of aromatic carboxylic acids is 1. The zero-order valence-electron chi connectivity index (χ0n) is 11.5. The molecule has 2 aromatic carbocycles. The quantitative estimate of drug-likeness (QED) is 0.653. The third-order valence-electron chi connectivity index (χ3n) is 3.29. The number of rotatable bonds is 2. The van der Waals surface area contributed by atoms with Gasteiger partial charge in [0.15, 0.2) is 0 Å². The van der Waals surface area contributed by atoms with Crippen molar-refractivity contribution in [2.24, 2.45) is 0 Å². The van der Waals surface area contributed by atoms with Gasteiger partial charge in [-0.3, -0.25) is 0 Å². The van der Waals surface area contributed by atoms with Crippen molar-refractivity contribution in [1.82, 2.24) is 9.97 Å². The number of aromatic nitrogens is 2. The summed E-state index contributed by atoms with van der Waals surface area (Å²) >= 11 is 12.1. The van der Waals surface area contributed by atoms with Crippen LogP contribution in [0, 0.1) is 0 Å². The predicted octanol–water partition coefficient (Wildman–Crippen LogP) is 3.47. The van der Waals surface area contributed by atoms with Crippen molar-refractivity contribution in [3.8, 4) is 11.1 Å². The lowest BCUT2D eigenvalue weighted by atomic mass is 9.95. The molecule has 3 aromatic rings. The molecule has 1 heterocycles. The molecule has 0 saturated carbocycles. The van der Waals surface area contributed by atoms with Gasteiger partial charge in [-0.25, -0.2) is 9.78 Å². The molecule has 0 radical (unpaired) electrons. The Morgan fingerprint density at radius 3 is 2.30 bits per heavy atom. The van der Waals surface area contributed by atoms with Crippen molar-refractivity contribution in [1.29, 1.82) is 0 Å². The average Bonchev–Trinajstić information content (AvgIpc) is 2.44. The fourth-order valence-corrected chi connectivity index (χ4v) is 2.97. The third-order valence-corrected chi connectivity index (χ3v) is 3.73. The van der Waals surface area contributed by atoms with Gasteiger partial charge < -0.3 is 16.6 Å². The molecule has 0 aliphatic rings. The Kier molecular flexibility index (Phi) is 3.71. The molecule has 0 spiro atoms. The van der Waals surface area contributed by atoms with Gasteiger partial charge in [0.25, 0.3) is 0 Å². The first-order valence-electron chi connectivity index (χ1n) is 6.42. The highest BCUT2D eigenvalue weighted by Crippen LogP contribution is 2.37. The number of nitrogens with two attached hydrogens (primary N) is 2. The minimum atomic E-state index is -1.12. The minimum Gasteiger partial charge on any atom is -0.478 e. The Labute approximate surface area is 140 Å². The van der Waals surface area contributed by atoms with Gasteiger partial charge in [-0.2, -0.15) is 4.98 Å². The van der Waals surface area contributed by atoms with Crippen LogP contribution in [0.5, 0.6) is 0 Å². The van der Waals surface area contributed by atoms with Gasteiger partial charge in [-0.15, -0.1) is 0 Å². The van der Waals surface area contributed by atoms with Gasteiger partial charge in [0.2, 0.25) is 5.95 Å². The summed E-state index contributed by atoms with van der Waals surface area (Å²) in [5.74, 6) is -1.02. The van der Waals surface area contributed by atoms with Crippen molar-refractivity contribution in [2.75, 3.05) is 11.5 Å². The molecule has 0 unspecified atom stereocenters. The standard InChI is InChI=1S/C15H10Cl2N4O2/c16-7-3-6(4-8(17)5-7)11-9(14(22)23)1-2-10-12(11)13(18)21-15(19)20-10/h1-5H,(H,22,23)(H4,18,19,20,21). The second-order valence-corrected chi connectivity index (χ2v) is 5.69. The van der Waals surface area contributed by atoms with Gasteiger partial charge in [0.05, 0.1) is 16.5 Å². The van der Waals surface area contributed by atoms with Crippen molar-refractivity contribution in [3.63, 3.8) is 0 Å². The molecule has 0 fully saturated rings. The van der Waals surface area contributed by atoms with E-state index in [0.717, 1.165) is 0 Å². The smallest absolute Gasteiger partial charge is 0.336 e. The van der Waals surface area contributed by atoms with Crippen LogP contribution < -0.4 is 11.5 Å². The number of hydrogen-bond donors (Lipinski definition) is 3. The first-order chi connectivity index (χ1) is 10.9. The molecule has 0 atom stereocenters. The van der Waals surface area contributed by atoms with Crippen LogP contribution in [-0.2, 0) is 0 Å². The maximum atomic E-state index is 11.6. The molecule has 23 heavy (non-hydrogen) atoms. The molecule has 0 saturated heterocycles. The lowest BCUT2D eigenvalue weighted by molar-refractivity contribution is 0.0698. The summed E-state index contributed by atoms with van der Waals surface area (Å²) in [4.78, 5) is 19.6. The highest BCUT2D eigenvalue weighted by Gasteiger charge is 2.19. The van der Waals surface area contributed by atoms with Crippen LogP contribution in [0.4, 0.5) is 11.8 Å². The molecule has 8 heteroatoms.